The minimum absolute atomic E-state index is 0.224. The summed E-state index contributed by atoms with van der Waals surface area (Å²) in [5.74, 6) is 0.0868. The molecule has 0 aromatic heterocycles. The Hall–Kier alpha value is -1.33. The highest BCUT2D eigenvalue weighted by Crippen LogP contribution is 2.35. The van der Waals surface area contributed by atoms with Gasteiger partial charge in [-0.2, -0.15) is 0 Å². The topological polar surface area (TPSA) is 90.7 Å². The van der Waals surface area contributed by atoms with Crippen LogP contribution in [-0.2, 0) is 9.59 Å². The zero-order chi connectivity index (χ0) is 16.3. The van der Waals surface area contributed by atoms with Crippen molar-refractivity contribution in [3.63, 3.8) is 0 Å². The van der Waals surface area contributed by atoms with Crippen LogP contribution in [0.15, 0.2) is 17.0 Å². The summed E-state index contributed by atoms with van der Waals surface area (Å²) in [6.07, 6.45) is 1.71. The van der Waals surface area contributed by atoms with Crippen LogP contribution in [0, 0.1) is 3.57 Å². The van der Waals surface area contributed by atoms with E-state index in [2.05, 4.69) is 27.9 Å². The molecule has 0 saturated carbocycles. The van der Waals surface area contributed by atoms with Crippen molar-refractivity contribution in [2.24, 2.45) is 5.73 Å². The number of methoxy groups -OCH3 is 1. The molecular formula is C13H11IN2O4S2. The average molecular weight is 450 g/mol. The molecule has 1 aromatic rings. The van der Waals surface area contributed by atoms with Gasteiger partial charge in [0, 0.05) is 0 Å². The molecule has 0 radical (unpaired) electrons. The fourth-order valence-electron chi connectivity index (χ4n) is 1.68. The van der Waals surface area contributed by atoms with Crippen LogP contribution >= 0.6 is 46.6 Å². The summed E-state index contributed by atoms with van der Waals surface area (Å²) in [5, 5.41) is 2.55. The van der Waals surface area contributed by atoms with Crippen molar-refractivity contribution in [2.45, 2.75) is 0 Å². The van der Waals surface area contributed by atoms with Gasteiger partial charge in [0.1, 0.15) is 4.32 Å². The molecule has 1 aromatic carbocycles. The molecule has 2 rings (SSSR count). The van der Waals surface area contributed by atoms with Crippen LogP contribution < -0.4 is 20.5 Å². The van der Waals surface area contributed by atoms with E-state index in [4.69, 9.17) is 27.4 Å². The lowest BCUT2D eigenvalue weighted by atomic mass is 10.2. The fourth-order valence-corrected chi connectivity index (χ4v) is 3.50. The first-order valence-corrected chi connectivity index (χ1v) is 8.24. The first kappa shape index (κ1) is 17.0. The number of carbonyl (C=O) groups is 2. The van der Waals surface area contributed by atoms with Crippen LogP contribution in [0.1, 0.15) is 5.56 Å². The second-order valence-electron chi connectivity index (χ2n) is 4.14. The minimum atomic E-state index is -0.573. The third kappa shape index (κ3) is 4.11. The number of halogens is 1. The van der Waals surface area contributed by atoms with Gasteiger partial charge in [-0.05, 0) is 46.4 Å². The predicted octanol–water partition coefficient (Wildman–Crippen LogP) is 1.65. The molecule has 6 nitrogen and oxygen atoms in total. The molecule has 0 unspecified atom stereocenters. The Morgan fingerprint density at radius 1 is 1.55 bits per heavy atom. The number of amides is 2. The molecule has 1 aliphatic heterocycles. The minimum Gasteiger partial charge on any atom is -0.493 e. The molecule has 0 spiro atoms. The summed E-state index contributed by atoms with van der Waals surface area (Å²) in [6.45, 7) is -0.237. The Balaban J connectivity index is 2.33. The van der Waals surface area contributed by atoms with E-state index in [1.807, 2.05) is 6.07 Å². The number of ether oxygens (including phenoxy) is 2. The molecule has 0 bridgehead atoms. The van der Waals surface area contributed by atoms with Gasteiger partial charge in [0.2, 0.25) is 0 Å². The van der Waals surface area contributed by atoms with E-state index >= 15 is 0 Å². The van der Waals surface area contributed by atoms with Gasteiger partial charge in [-0.3, -0.25) is 9.59 Å². The number of thiocarbonyl (C=S) groups is 1. The normalized spacial score (nSPS) is 15.8. The average Bonchev–Trinajstić information content (AvgIpc) is 2.74. The molecule has 9 heteroatoms. The molecular weight excluding hydrogens is 439 g/mol. The molecule has 2 amide bonds. The number of hydrogen-bond acceptors (Lipinski definition) is 6. The number of nitrogens with one attached hydrogen (secondary N) is 1. The molecule has 116 valence electrons. The number of carbonyl (C=O) groups excluding carboxylic acids is 2. The molecule has 1 saturated heterocycles. The first-order chi connectivity index (χ1) is 10.4. The number of hydrogen-bond donors (Lipinski definition) is 2. The smallest absolute Gasteiger partial charge is 0.263 e. The number of rotatable bonds is 5. The summed E-state index contributed by atoms with van der Waals surface area (Å²) in [7, 11) is 1.49. The zero-order valence-electron chi connectivity index (χ0n) is 11.3. The van der Waals surface area contributed by atoms with E-state index in [1.54, 1.807) is 12.1 Å². The van der Waals surface area contributed by atoms with Gasteiger partial charge in [0.25, 0.3) is 11.8 Å². The van der Waals surface area contributed by atoms with Gasteiger partial charge in [-0.15, -0.1) is 0 Å². The van der Waals surface area contributed by atoms with Gasteiger partial charge in [0.15, 0.2) is 18.1 Å². The Bertz CT molecular complexity index is 691. The molecule has 1 heterocycles. The number of benzene rings is 1. The van der Waals surface area contributed by atoms with Crippen LogP contribution in [-0.4, -0.2) is 29.9 Å². The summed E-state index contributed by atoms with van der Waals surface area (Å²) in [5.41, 5.74) is 5.83. The Morgan fingerprint density at radius 3 is 2.82 bits per heavy atom. The van der Waals surface area contributed by atoms with Crippen LogP contribution in [0.2, 0.25) is 0 Å². The van der Waals surface area contributed by atoms with Crippen LogP contribution in [0.25, 0.3) is 6.08 Å². The fraction of sp³-hybridized carbons (Fsp3) is 0.154. The van der Waals surface area contributed by atoms with Crippen molar-refractivity contribution in [3.05, 3.63) is 26.2 Å². The first-order valence-electron chi connectivity index (χ1n) is 5.94. The van der Waals surface area contributed by atoms with Crippen molar-refractivity contribution >= 4 is 68.8 Å². The third-order valence-electron chi connectivity index (χ3n) is 2.55. The van der Waals surface area contributed by atoms with Crippen LogP contribution in [0.4, 0.5) is 0 Å². The second-order valence-corrected chi connectivity index (χ2v) is 7.02. The van der Waals surface area contributed by atoms with E-state index in [1.165, 1.54) is 18.9 Å². The lowest BCUT2D eigenvalue weighted by molar-refractivity contribution is -0.120. The lowest BCUT2D eigenvalue weighted by Crippen LogP contribution is -2.20. The Labute approximate surface area is 149 Å². The summed E-state index contributed by atoms with van der Waals surface area (Å²) < 4.78 is 11.8. The van der Waals surface area contributed by atoms with E-state index in [0.717, 1.165) is 9.13 Å². The highest BCUT2D eigenvalue weighted by atomic mass is 127. The Morgan fingerprint density at radius 2 is 2.27 bits per heavy atom. The SMILES string of the molecule is COc1cc(C=C2SC(=S)NC2=O)cc(I)c1OCC(N)=O. The van der Waals surface area contributed by atoms with E-state index in [9.17, 15) is 9.59 Å². The third-order valence-corrected chi connectivity index (χ3v) is 4.51. The molecule has 0 aliphatic carbocycles. The maximum Gasteiger partial charge on any atom is 0.263 e. The van der Waals surface area contributed by atoms with E-state index in [0.29, 0.717) is 20.7 Å². The molecule has 0 atom stereocenters. The lowest BCUT2D eigenvalue weighted by Gasteiger charge is -2.12. The van der Waals surface area contributed by atoms with Gasteiger partial charge < -0.3 is 20.5 Å². The van der Waals surface area contributed by atoms with E-state index < -0.39 is 5.91 Å². The number of primary amides is 1. The van der Waals surface area contributed by atoms with Gasteiger partial charge in [-0.1, -0.05) is 24.0 Å². The molecule has 1 fully saturated rings. The van der Waals surface area contributed by atoms with Gasteiger partial charge in [-0.25, -0.2) is 0 Å². The standard InChI is InChI=1S/C13H11IN2O4S2/c1-19-8-3-6(4-9-12(18)16-13(21)22-9)2-7(14)11(8)20-5-10(15)17/h2-4H,5H2,1H3,(H2,15,17)(H,16,18,21). The number of nitrogens with two attached hydrogens (primary N) is 1. The van der Waals surface area contributed by atoms with Crippen molar-refractivity contribution < 1.29 is 19.1 Å². The predicted molar refractivity (Wildman–Crippen MR) is 96.7 cm³/mol. The highest BCUT2D eigenvalue weighted by molar-refractivity contribution is 14.1. The maximum atomic E-state index is 11.7. The monoisotopic (exact) mass is 450 g/mol. The van der Waals surface area contributed by atoms with Crippen molar-refractivity contribution in [2.75, 3.05) is 13.7 Å². The van der Waals surface area contributed by atoms with E-state index in [-0.39, 0.29) is 12.5 Å². The van der Waals surface area contributed by atoms with Crippen LogP contribution in [0.3, 0.4) is 0 Å². The summed E-state index contributed by atoms with van der Waals surface area (Å²) >= 11 is 8.20. The van der Waals surface area contributed by atoms with Crippen molar-refractivity contribution in [3.8, 4) is 11.5 Å². The highest BCUT2D eigenvalue weighted by Gasteiger charge is 2.22. The molecule has 22 heavy (non-hydrogen) atoms. The van der Waals surface area contributed by atoms with Gasteiger partial charge >= 0.3 is 0 Å². The second kappa shape index (κ2) is 7.29. The largest absolute Gasteiger partial charge is 0.493 e. The summed E-state index contributed by atoms with van der Waals surface area (Å²) in [6, 6.07) is 3.52. The molecule has 3 N–H and O–H groups in total. The zero-order valence-corrected chi connectivity index (χ0v) is 15.1. The van der Waals surface area contributed by atoms with Gasteiger partial charge in [0.05, 0.1) is 15.6 Å². The van der Waals surface area contributed by atoms with Crippen LogP contribution in [0.5, 0.6) is 11.5 Å². The summed E-state index contributed by atoms with van der Waals surface area (Å²) in [4.78, 5) is 23.0. The number of thioether (sulfide) groups is 1. The molecule has 1 aliphatic rings. The maximum absolute atomic E-state index is 11.7. The van der Waals surface area contributed by atoms with Crippen molar-refractivity contribution in [1.82, 2.24) is 5.32 Å². The van der Waals surface area contributed by atoms with Crippen molar-refractivity contribution in [1.29, 1.82) is 0 Å². The Kier molecular flexibility index (Phi) is 5.64. The quantitative estimate of drug-likeness (QED) is 0.403.